The van der Waals surface area contributed by atoms with Crippen molar-refractivity contribution >= 4 is 40.6 Å². The summed E-state index contributed by atoms with van der Waals surface area (Å²) in [6.45, 7) is 5.04. The van der Waals surface area contributed by atoms with E-state index >= 15 is 0 Å². The van der Waals surface area contributed by atoms with Gasteiger partial charge in [0.1, 0.15) is 0 Å². The minimum Gasteiger partial charge on any atom is -0.326 e. The molecule has 2 aromatic rings. The summed E-state index contributed by atoms with van der Waals surface area (Å²) >= 11 is 5.96. The first-order valence-electron chi connectivity index (χ1n) is 8.23. The van der Waals surface area contributed by atoms with E-state index in [1.165, 1.54) is 13.8 Å². The predicted molar refractivity (Wildman–Crippen MR) is 104 cm³/mol. The van der Waals surface area contributed by atoms with Crippen molar-refractivity contribution in [3.63, 3.8) is 0 Å². The van der Waals surface area contributed by atoms with E-state index in [2.05, 4.69) is 5.32 Å². The van der Waals surface area contributed by atoms with Crippen LogP contribution in [-0.2, 0) is 9.59 Å². The number of benzene rings is 2. The molecule has 0 spiro atoms. The van der Waals surface area contributed by atoms with Crippen LogP contribution in [0.4, 0.5) is 11.4 Å². The third-order valence-electron chi connectivity index (χ3n) is 3.95. The molecule has 2 rings (SSSR count). The second-order valence-electron chi connectivity index (χ2n) is 6.04. The van der Waals surface area contributed by atoms with Crippen molar-refractivity contribution in [1.29, 1.82) is 0 Å². The first-order valence-corrected chi connectivity index (χ1v) is 8.61. The number of hydrogen-bond acceptors (Lipinski definition) is 3. The minimum absolute atomic E-state index is 0.0675. The number of rotatable bonds is 6. The lowest BCUT2D eigenvalue weighted by molar-refractivity contribution is -0.117. The topological polar surface area (TPSA) is 66.5 Å². The average Bonchev–Trinajstić information content (AvgIpc) is 2.56. The van der Waals surface area contributed by atoms with Gasteiger partial charge in [0.25, 0.3) is 0 Å². The molecule has 26 heavy (non-hydrogen) atoms. The molecule has 0 aliphatic heterocycles. The maximum Gasteiger partial charge on any atom is 0.226 e. The Labute approximate surface area is 158 Å². The van der Waals surface area contributed by atoms with E-state index in [-0.39, 0.29) is 30.6 Å². The zero-order valence-electron chi connectivity index (χ0n) is 15.0. The zero-order chi connectivity index (χ0) is 19.3. The second-order valence-corrected chi connectivity index (χ2v) is 6.47. The molecule has 2 aromatic carbocycles. The summed E-state index contributed by atoms with van der Waals surface area (Å²) in [6.07, 6.45) is 0.131. The second kappa shape index (κ2) is 8.63. The molecule has 6 heteroatoms. The molecular formula is C20H21ClN2O3. The van der Waals surface area contributed by atoms with Crippen molar-refractivity contribution in [2.24, 2.45) is 0 Å². The van der Waals surface area contributed by atoms with Crippen molar-refractivity contribution < 1.29 is 14.4 Å². The van der Waals surface area contributed by atoms with Crippen LogP contribution in [0.1, 0.15) is 36.2 Å². The Balaban J connectivity index is 2.05. The molecule has 0 saturated heterocycles. The highest BCUT2D eigenvalue weighted by Crippen LogP contribution is 2.24. The number of nitrogens with zero attached hydrogens (tertiary/aromatic N) is 1. The van der Waals surface area contributed by atoms with E-state index in [4.69, 9.17) is 11.6 Å². The summed E-state index contributed by atoms with van der Waals surface area (Å²) < 4.78 is 0. The maximum absolute atomic E-state index is 12.2. The molecule has 136 valence electrons. The van der Waals surface area contributed by atoms with Gasteiger partial charge in [0.15, 0.2) is 5.78 Å². The van der Waals surface area contributed by atoms with E-state index in [1.54, 1.807) is 47.4 Å². The van der Waals surface area contributed by atoms with Crippen molar-refractivity contribution in [2.45, 2.75) is 27.2 Å². The van der Waals surface area contributed by atoms with Crippen molar-refractivity contribution in [2.75, 3.05) is 16.8 Å². The van der Waals surface area contributed by atoms with Gasteiger partial charge in [-0.15, -0.1) is 0 Å². The molecule has 0 bridgehead atoms. The molecule has 2 amide bonds. The fourth-order valence-corrected chi connectivity index (χ4v) is 2.85. The number of amides is 2. The number of halogens is 1. The van der Waals surface area contributed by atoms with Gasteiger partial charge in [0, 0.05) is 41.9 Å². The normalized spacial score (nSPS) is 10.3. The van der Waals surface area contributed by atoms with Gasteiger partial charge < -0.3 is 10.2 Å². The van der Waals surface area contributed by atoms with Crippen LogP contribution in [0.25, 0.3) is 0 Å². The Bertz CT molecular complexity index is 849. The van der Waals surface area contributed by atoms with Gasteiger partial charge in [-0.25, -0.2) is 0 Å². The highest BCUT2D eigenvalue weighted by molar-refractivity contribution is 6.30. The van der Waals surface area contributed by atoms with Gasteiger partial charge >= 0.3 is 0 Å². The van der Waals surface area contributed by atoms with Crippen molar-refractivity contribution in [3.05, 3.63) is 58.6 Å². The summed E-state index contributed by atoms with van der Waals surface area (Å²) in [5, 5.41) is 3.35. The number of anilines is 2. The number of ketones is 1. The van der Waals surface area contributed by atoms with Crippen LogP contribution in [-0.4, -0.2) is 24.1 Å². The number of carbonyl (C=O) groups is 3. The molecular weight excluding hydrogens is 352 g/mol. The summed E-state index contributed by atoms with van der Waals surface area (Å²) in [7, 11) is 0. The van der Waals surface area contributed by atoms with Crippen LogP contribution < -0.4 is 10.2 Å². The lowest BCUT2D eigenvalue weighted by Crippen LogP contribution is -2.32. The van der Waals surface area contributed by atoms with E-state index in [1.807, 2.05) is 6.92 Å². The third-order valence-corrected chi connectivity index (χ3v) is 4.18. The molecule has 0 heterocycles. The van der Waals surface area contributed by atoms with E-state index in [0.717, 1.165) is 11.3 Å². The molecule has 0 saturated carbocycles. The molecule has 0 radical (unpaired) electrons. The smallest absolute Gasteiger partial charge is 0.226 e. The first-order chi connectivity index (χ1) is 12.3. The lowest BCUT2D eigenvalue weighted by Gasteiger charge is -2.23. The van der Waals surface area contributed by atoms with Gasteiger partial charge in [0.05, 0.1) is 0 Å². The highest BCUT2D eigenvalue weighted by Gasteiger charge is 2.16. The fraction of sp³-hybridized carbons (Fsp3) is 0.250. The van der Waals surface area contributed by atoms with Crippen molar-refractivity contribution in [1.82, 2.24) is 0 Å². The molecule has 0 fully saturated rings. The lowest BCUT2D eigenvalue weighted by atomic mass is 10.1. The van der Waals surface area contributed by atoms with E-state index in [9.17, 15) is 14.4 Å². The summed E-state index contributed by atoms with van der Waals surface area (Å²) in [5.74, 6) is -0.451. The first kappa shape index (κ1) is 19.7. The maximum atomic E-state index is 12.2. The van der Waals surface area contributed by atoms with Gasteiger partial charge in [-0.3, -0.25) is 14.4 Å². The SMILES string of the molecule is CC(=O)c1cccc(NC(=O)CCN(C(C)=O)c2ccc(Cl)cc2C)c1. The summed E-state index contributed by atoms with van der Waals surface area (Å²) in [4.78, 5) is 37.2. The molecule has 0 aromatic heterocycles. The van der Waals surface area contributed by atoms with Crippen LogP contribution in [0.3, 0.4) is 0 Å². The largest absolute Gasteiger partial charge is 0.326 e. The summed E-state index contributed by atoms with van der Waals surface area (Å²) in [6, 6.07) is 12.0. The standard InChI is InChI=1S/C20H21ClN2O3/c1-13-11-17(21)7-8-19(13)23(15(3)25)10-9-20(26)22-18-6-4-5-16(12-18)14(2)24/h4-8,11-12H,9-10H2,1-3H3,(H,22,26). The van der Waals surface area contributed by atoms with Crippen LogP contribution >= 0.6 is 11.6 Å². The molecule has 0 aliphatic rings. The minimum atomic E-state index is -0.233. The molecule has 0 atom stereocenters. The van der Waals surface area contributed by atoms with Crippen LogP contribution in [0, 0.1) is 6.92 Å². The third kappa shape index (κ3) is 5.17. The molecule has 1 N–H and O–H groups in total. The van der Waals surface area contributed by atoms with Gasteiger partial charge in [-0.1, -0.05) is 23.7 Å². The van der Waals surface area contributed by atoms with E-state index in [0.29, 0.717) is 16.3 Å². The Morgan fingerprint density at radius 3 is 2.42 bits per heavy atom. The van der Waals surface area contributed by atoms with Crippen LogP contribution in [0.15, 0.2) is 42.5 Å². The number of carbonyl (C=O) groups excluding carboxylic acids is 3. The van der Waals surface area contributed by atoms with Gasteiger partial charge in [0.2, 0.25) is 11.8 Å². The number of hydrogen-bond donors (Lipinski definition) is 1. The monoisotopic (exact) mass is 372 g/mol. The number of Topliss-reactive ketones (excluding diaryl/α,β-unsaturated/α-hetero) is 1. The van der Waals surface area contributed by atoms with Gasteiger partial charge in [-0.2, -0.15) is 0 Å². The fourth-order valence-electron chi connectivity index (χ4n) is 2.62. The average molecular weight is 373 g/mol. The number of nitrogens with one attached hydrogen (secondary N) is 1. The highest BCUT2D eigenvalue weighted by atomic mass is 35.5. The zero-order valence-corrected chi connectivity index (χ0v) is 15.8. The van der Waals surface area contributed by atoms with Crippen LogP contribution in [0.5, 0.6) is 0 Å². The Morgan fingerprint density at radius 2 is 1.81 bits per heavy atom. The molecule has 0 unspecified atom stereocenters. The predicted octanol–water partition coefficient (Wildman–Crippen LogP) is 4.23. The number of aryl methyl sites for hydroxylation is 1. The van der Waals surface area contributed by atoms with Gasteiger partial charge in [-0.05, 0) is 49.7 Å². The summed E-state index contributed by atoms with van der Waals surface area (Å²) in [5.41, 5.74) is 2.68. The van der Waals surface area contributed by atoms with E-state index < -0.39 is 0 Å². The Hall–Kier alpha value is -2.66. The molecule has 5 nitrogen and oxygen atoms in total. The quantitative estimate of drug-likeness (QED) is 0.771. The Morgan fingerprint density at radius 1 is 1.08 bits per heavy atom. The van der Waals surface area contributed by atoms with Crippen LogP contribution in [0.2, 0.25) is 5.02 Å². The Kier molecular flexibility index (Phi) is 6.52. The molecule has 0 aliphatic carbocycles. The van der Waals surface area contributed by atoms with Crippen molar-refractivity contribution in [3.8, 4) is 0 Å².